The fourth-order valence-corrected chi connectivity index (χ4v) is 4.26. The molecule has 0 amide bonds. The minimum atomic E-state index is 0.191. The standard InChI is InChI=1S/C24H31N5O2/c1-19-4-3-5-20(26-19)16-28-14-13-27(17-22(28)10-15-30)18-24-25-11-12-29(24)21-6-8-23(31-2)9-7-21/h3-9,11-12,22,30H,10,13-18H2,1-2H3/t22-/m0/s1. The van der Waals surface area contributed by atoms with Crippen LogP contribution in [0.15, 0.2) is 54.9 Å². The fourth-order valence-electron chi connectivity index (χ4n) is 4.26. The summed E-state index contributed by atoms with van der Waals surface area (Å²) in [6.45, 7) is 6.63. The quantitative estimate of drug-likeness (QED) is 0.603. The first-order chi connectivity index (χ1) is 15.2. The molecule has 1 aromatic carbocycles. The van der Waals surface area contributed by atoms with Crippen molar-refractivity contribution >= 4 is 0 Å². The molecule has 1 aliphatic rings. The van der Waals surface area contributed by atoms with E-state index in [1.54, 1.807) is 7.11 Å². The van der Waals surface area contributed by atoms with E-state index < -0.39 is 0 Å². The summed E-state index contributed by atoms with van der Waals surface area (Å²) in [6, 6.07) is 14.5. The van der Waals surface area contributed by atoms with Gasteiger partial charge < -0.3 is 14.4 Å². The third-order valence-corrected chi connectivity index (χ3v) is 5.90. The number of aromatic nitrogens is 3. The van der Waals surface area contributed by atoms with Crippen LogP contribution in [0.1, 0.15) is 23.6 Å². The van der Waals surface area contributed by atoms with Crippen molar-refractivity contribution in [1.29, 1.82) is 0 Å². The molecule has 0 saturated carbocycles. The number of aliphatic hydroxyl groups is 1. The lowest BCUT2D eigenvalue weighted by Crippen LogP contribution is -2.52. The highest BCUT2D eigenvalue weighted by Crippen LogP contribution is 2.20. The van der Waals surface area contributed by atoms with Crippen LogP contribution in [0.3, 0.4) is 0 Å². The molecular weight excluding hydrogens is 390 g/mol. The SMILES string of the molecule is COc1ccc(-n2ccnc2CN2CCN(Cc3cccc(C)n3)[C@@H](CCO)C2)cc1. The van der Waals surface area contributed by atoms with Crippen molar-refractivity contribution in [2.45, 2.75) is 32.5 Å². The van der Waals surface area contributed by atoms with E-state index in [1.165, 1.54) is 0 Å². The van der Waals surface area contributed by atoms with Gasteiger partial charge in [0.2, 0.25) is 0 Å². The van der Waals surface area contributed by atoms with Crippen molar-refractivity contribution in [3.63, 3.8) is 0 Å². The number of methoxy groups -OCH3 is 1. The zero-order valence-corrected chi connectivity index (χ0v) is 18.3. The number of benzene rings is 1. The van der Waals surface area contributed by atoms with Gasteiger partial charge in [0.05, 0.1) is 19.3 Å². The largest absolute Gasteiger partial charge is 0.497 e. The van der Waals surface area contributed by atoms with Crippen LogP contribution >= 0.6 is 0 Å². The van der Waals surface area contributed by atoms with Gasteiger partial charge in [-0.15, -0.1) is 0 Å². The molecule has 0 aliphatic carbocycles. The van der Waals surface area contributed by atoms with E-state index in [0.717, 1.165) is 67.8 Å². The number of nitrogens with zero attached hydrogens (tertiary/aromatic N) is 5. The second kappa shape index (κ2) is 10.0. The second-order valence-electron chi connectivity index (χ2n) is 8.05. The average Bonchev–Trinajstić information content (AvgIpc) is 3.24. The maximum atomic E-state index is 9.64. The number of hydrogen-bond donors (Lipinski definition) is 1. The Hall–Kier alpha value is -2.74. The van der Waals surface area contributed by atoms with E-state index in [1.807, 2.05) is 49.6 Å². The molecule has 7 nitrogen and oxygen atoms in total. The number of aliphatic hydroxyl groups excluding tert-OH is 1. The highest BCUT2D eigenvalue weighted by Gasteiger charge is 2.27. The Morgan fingerprint density at radius 3 is 2.68 bits per heavy atom. The first-order valence-electron chi connectivity index (χ1n) is 10.8. The van der Waals surface area contributed by atoms with Crippen LogP contribution in [-0.4, -0.2) is 68.8 Å². The van der Waals surface area contributed by atoms with Crippen molar-refractivity contribution in [1.82, 2.24) is 24.3 Å². The van der Waals surface area contributed by atoms with Crippen molar-refractivity contribution in [3.05, 3.63) is 72.1 Å². The molecule has 3 aromatic rings. The van der Waals surface area contributed by atoms with E-state index in [4.69, 9.17) is 4.74 Å². The number of pyridine rings is 1. The molecule has 1 saturated heterocycles. The predicted octanol–water partition coefficient (Wildman–Crippen LogP) is 2.65. The van der Waals surface area contributed by atoms with Crippen LogP contribution in [0.4, 0.5) is 0 Å². The molecule has 0 spiro atoms. The Bertz CT molecular complexity index is 972. The molecule has 4 rings (SSSR count). The monoisotopic (exact) mass is 421 g/mol. The summed E-state index contributed by atoms with van der Waals surface area (Å²) in [7, 11) is 1.68. The molecule has 1 fully saturated rings. The number of ether oxygens (including phenoxy) is 1. The summed E-state index contributed by atoms with van der Waals surface area (Å²) in [5.74, 6) is 1.86. The summed E-state index contributed by atoms with van der Waals surface area (Å²) in [4.78, 5) is 14.2. The topological polar surface area (TPSA) is 66.7 Å². The van der Waals surface area contributed by atoms with Crippen LogP contribution in [0, 0.1) is 6.92 Å². The smallest absolute Gasteiger partial charge is 0.127 e. The van der Waals surface area contributed by atoms with Gasteiger partial charge in [0.1, 0.15) is 11.6 Å². The van der Waals surface area contributed by atoms with E-state index in [0.29, 0.717) is 6.04 Å². The minimum absolute atomic E-state index is 0.191. The zero-order chi connectivity index (χ0) is 21.6. The van der Waals surface area contributed by atoms with Crippen LogP contribution in [0.2, 0.25) is 0 Å². The number of imidazole rings is 1. The van der Waals surface area contributed by atoms with Gasteiger partial charge >= 0.3 is 0 Å². The van der Waals surface area contributed by atoms with Gasteiger partial charge in [-0.05, 0) is 49.7 Å². The molecule has 0 unspecified atom stereocenters. The highest BCUT2D eigenvalue weighted by atomic mass is 16.5. The van der Waals surface area contributed by atoms with Crippen LogP contribution in [-0.2, 0) is 13.1 Å². The first kappa shape index (κ1) is 21.5. The summed E-state index contributed by atoms with van der Waals surface area (Å²) in [5.41, 5.74) is 3.20. The summed E-state index contributed by atoms with van der Waals surface area (Å²) < 4.78 is 7.40. The number of hydrogen-bond acceptors (Lipinski definition) is 6. The predicted molar refractivity (Wildman–Crippen MR) is 120 cm³/mol. The maximum absolute atomic E-state index is 9.64. The van der Waals surface area contributed by atoms with Crippen LogP contribution in [0.25, 0.3) is 5.69 Å². The molecule has 0 radical (unpaired) electrons. The molecule has 7 heteroatoms. The Kier molecular flexibility index (Phi) is 6.96. The van der Waals surface area contributed by atoms with Gasteiger partial charge in [-0.1, -0.05) is 6.07 Å². The molecule has 31 heavy (non-hydrogen) atoms. The summed E-state index contributed by atoms with van der Waals surface area (Å²) >= 11 is 0. The van der Waals surface area contributed by atoms with Gasteiger partial charge in [-0.25, -0.2) is 4.98 Å². The van der Waals surface area contributed by atoms with Crippen molar-refractivity contribution in [3.8, 4) is 11.4 Å². The van der Waals surface area contributed by atoms with E-state index in [-0.39, 0.29) is 6.61 Å². The normalized spacial score (nSPS) is 17.7. The molecule has 0 bridgehead atoms. The Balaban J connectivity index is 1.43. The van der Waals surface area contributed by atoms with Gasteiger partial charge in [-0.3, -0.25) is 14.8 Å². The highest BCUT2D eigenvalue weighted by molar-refractivity contribution is 5.38. The molecular formula is C24H31N5O2. The van der Waals surface area contributed by atoms with Gasteiger partial charge in [0, 0.05) is 62.6 Å². The molecule has 3 heterocycles. The molecule has 1 atom stereocenters. The summed E-state index contributed by atoms with van der Waals surface area (Å²) in [6.07, 6.45) is 4.61. The first-order valence-corrected chi connectivity index (χ1v) is 10.8. The maximum Gasteiger partial charge on any atom is 0.127 e. The van der Waals surface area contributed by atoms with Gasteiger partial charge in [0.25, 0.3) is 0 Å². The third kappa shape index (κ3) is 5.31. The van der Waals surface area contributed by atoms with E-state index >= 15 is 0 Å². The molecule has 1 aliphatic heterocycles. The van der Waals surface area contributed by atoms with Crippen molar-refractivity contribution in [2.24, 2.45) is 0 Å². The minimum Gasteiger partial charge on any atom is -0.497 e. The van der Waals surface area contributed by atoms with Crippen LogP contribution in [0.5, 0.6) is 5.75 Å². The second-order valence-corrected chi connectivity index (χ2v) is 8.05. The number of aryl methyl sites for hydroxylation is 1. The van der Waals surface area contributed by atoms with E-state index in [9.17, 15) is 5.11 Å². The van der Waals surface area contributed by atoms with E-state index in [2.05, 4.69) is 36.5 Å². The molecule has 1 N–H and O–H groups in total. The summed E-state index contributed by atoms with van der Waals surface area (Å²) in [5, 5.41) is 9.64. The lowest BCUT2D eigenvalue weighted by atomic mass is 10.1. The van der Waals surface area contributed by atoms with Gasteiger partial charge in [-0.2, -0.15) is 0 Å². The molecule has 2 aromatic heterocycles. The Morgan fingerprint density at radius 2 is 1.94 bits per heavy atom. The van der Waals surface area contributed by atoms with Crippen molar-refractivity contribution in [2.75, 3.05) is 33.4 Å². The number of rotatable bonds is 8. The lowest BCUT2D eigenvalue weighted by molar-refractivity contribution is 0.0477. The fraction of sp³-hybridized carbons (Fsp3) is 0.417. The lowest BCUT2D eigenvalue weighted by Gasteiger charge is -2.41. The Labute approximate surface area is 183 Å². The van der Waals surface area contributed by atoms with Crippen LogP contribution < -0.4 is 4.74 Å². The third-order valence-electron chi connectivity index (χ3n) is 5.90. The number of piperazine rings is 1. The average molecular weight is 422 g/mol. The zero-order valence-electron chi connectivity index (χ0n) is 18.3. The van der Waals surface area contributed by atoms with Crippen molar-refractivity contribution < 1.29 is 9.84 Å². The van der Waals surface area contributed by atoms with Gasteiger partial charge in [0.15, 0.2) is 0 Å². The Morgan fingerprint density at radius 1 is 1.10 bits per heavy atom. The molecule has 164 valence electrons.